The molecule has 1 aliphatic heterocycles. The number of nitrogens with zero attached hydrogens (tertiary/aromatic N) is 4. The molecule has 2 aromatic rings. The lowest BCUT2D eigenvalue weighted by Crippen LogP contribution is -2.58. The fourth-order valence-electron chi connectivity index (χ4n) is 3.93. The van der Waals surface area contributed by atoms with E-state index in [9.17, 15) is 10.1 Å². The summed E-state index contributed by atoms with van der Waals surface area (Å²) in [5.41, 5.74) is 12.7. The Bertz CT molecular complexity index is 965. The van der Waals surface area contributed by atoms with Gasteiger partial charge in [0.05, 0.1) is 4.92 Å². The molecular weight excluding hydrogens is 388 g/mol. The zero-order valence-corrected chi connectivity index (χ0v) is 16.6. The van der Waals surface area contributed by atoms with Crippen molar-refractivity contribution in [1.82, 2.24) is 0 Å². The van der Waals surface area contributed by atoms with Crippen molar-refractivity contribution in [3.05, 3.63) is 58.6 Å². The summed E-state index contributed by atoms with van der Waals surface area (Å²) in [5, 5.41) is 10.8. The van der Waals surface area contributed by atoms with Crippen molar-refractivity contribution >= 4 is 35.1 Å². The molecule has 2 aliphatic rings. The van der Waals surface area contributed by atoms with Crippen LogP contribution in [0.25, 0.3) is 0 Å². The molecule has 0 bridgehead atoms. The van der Waals surface area contributed by atoms with Crippen molar-refractivity contribution in [1.29, 1.82) is 0 Å². The Hall–Kier alpha value is -3.07. The number of guanidine groups is 2. The first-order valence-electron chi connectivity index (χ1n) is 9.49. The average Bonchev–Trinajstić information content (AvgIpc) is 2.69. The Balaban J connectivity index is 1.56. The first kappa shape index (κ1) is 19.3. The summed E-state index contributed by atoms with van der Waals surface area (Å²) in [4.78, 5) is 23.2. The molecule has 4 N–H and O–H groups in total. The first-order chi connectivity index (χ1) is 14.0. The van der Waals surface area contributed by atoms with Gasteiger partial charge in [-0.15, -0.1) is 0 Å². The topological polar surface area (TPSA) is 123 Å². The van der Waals surface area contributed by atoms with Crippen LogP contribution < -0.4 is 16.4 Å². The van der Waals surface area contributed by atoms with Crippen LogP contribution in [0.3, 0.4) is 0 Å². The third-order valence-electron chi connectivity index (χ3n) is 5.23. The highest BCUT2D eigenvalue weighted by atomic mass is 32.2. The molecule has 150 valence electrons. The minimum Gasteiger partial charge on any atom is -0.369 e. The number of anilines is 1. The van der Waals surface area contributed by atoms with Gasteiger partial charge in [-0.25, -0.2) is 4.99 Å². The van der Waals surface area contributed by atoms with Gasteiger partial charge in [0.25, 0.3) is 5.69 Å². The number of nitro groups is 1. The molecule has 1 aliphatic carbocycles. The number of rotatable bonds is 4. The van der Waals surface area contributed by atoms with Crippen LogP contribution in [0.5, 0.6) is 0 Å². The van der Waals surface area contributed by atoms with Crippen LogP contribution in [0, 0.1) is 10.1 Å². The summed E-state index contributed by atoms with van der Waals surface area (Å²) in [6.45, 7) is 0. The van der Waals surface area contributed by atoms with E-state index in [1.165, 1.54) is 18.6 Å². The van der Waals surface area contributed by atoms with Crippen LogP contribution in [-0.4, -0.2) is 22.5 Å². The van der Waals surface area contributed by atoms with Crippen molar-refractivity contribution in [2.45, 2.75) is 47.6 Å². The van der Waals surface area contributed by atoms with Crippen molar-refractivity contribution < 1.29 is 4.92 Å². The van der Waals surface area contributed by atoms with Crippen LogP contribution >= 0.6 is 11.8 Å². The Morgan fingerprint density at radius 1 is 0.966 bits per heavy atom. The number of nitrogens with two attached hydrogens (primary N) is 2. The summed E-state index contributed by atoms with van der Waals surface area (Å²) in [6, 6.07) is 14.5. The maximum Gasteiger partial charge on any atom is 0.269 e. The molecule has 1 spiro atoms. The molecule has 9 heteroatoms. The van der Waals surface area contributed by atoms with Crippen LogP contribution in [0.2, 0.25) is 0 Å². The van der Waals surface area contributed by atoms with E-state index in [4.69, 9.17) is 11.5 Å². The zero-order chi connectivity index (χ0) is 20.4. The average molecular weight is 411 g/mol. The Kier molecular flexibility index (Phi) is 5.14. The quantitative estimate of drug-likeness (QED) is 0.583. The van der Waals surface area contributed by atoms with E-state index in [1.807, 2.05) is 29.2 Å². The van der Waals surface area contributed by atoms with Gasteiger partial charge in [0.2, 0.25) is 11.9 Å². The maximum absolute atomic E-state index is 10.8. The van der Waals surface area contributed by atoms with E-state index >= 15 is 0 Å². The van der Waals surface area contributed by atoms with Crippen LogP contribution in [0.15, 0.2) is 68.3 Å². The number of hydrogen-bond donors (Lipinski definition) is 2. The van der Waals surface area contributed by atoms with Gasteiger partial charge in [-0.3, -0.25) is 15.0 Å². The molecule has 4 rings (SSSR count). The highest BCUT2D eigenvalue weighted by Gasteiger charge is 2.42. The molecule has 2 aromatic carbocycles. The summed E-state index contributed by atoms with van der Waals surface area (Å²) in [7, 11) is 0. The third kappa shape index (κ3) is 3.91. The molecule has 29 heavy (non-hydrogen) atoms. The van der Waals surface area contributed by atoms with Gasteiger partial charge in [-0.2, -0.15) is 4.99 Å². The summed E-state index contributed by atoms with van der Waals surface area (Å²) >= 11 is 1.54. The molecule has 1 fully saturated rings. The van der Waals surface area contributed by atoms with E-state index in [2.05, 4.69) is 9.98 Å². The molecule has 0 aromatic heterocycles. The lowest BCUT2D eigenvalue weighted by Gasteiger charge is -2.45. The fourth-order valence-corrected chi connectivity index (χ4v) is 4.75. The molecule has 1 saturated carbocycles. The summed E-state index contributed by atoms with van der Waals surface area (Å²) in [5.74, 6) is 0.612. The van der Waals surface area contributed by atoms with Gasteiger partial charge in [0.1, 0.15) is 5.66 Å². The lowest BCUT2D eigenvalue weighted by atomic mass is 9.87. The largest absolute Gasteiger partial charge is 0.369 e. The van der Waals surface area contributed by atoms with E-state index in [-0.39, 0.29) is 11.6 Å². The summed E-state index contributed by atoms with van der Waals surface area (Å²) < 4.78 is 0. The number of nitro benzene ring substituents is 1. The SMILES string of the molecule is NC1=NC2(CCCCC2)N(c2ccc(Sc3ccc([N+](=O)[O-])cc3)cc2)C(N)=N1. The minimum absolute atomic E-state index is 0.0853. The summed E-state index contributed by atoms with van der Waals surface area (Å²) in [6.07, 6.45) is 5.13. The molecule has 0 radical (unpaired) electrons. The van der Waals surface area contributed by atoms with E-state index in [0.717, 1.165) is 41.2 Å². The van der Waals surface area contributed by atoms with Crippen molar-refractivity contribution in [2.75, 3.05) is 4.90 Å². The predicted molar refractivity (Wildman–Crippen MR) is 115 cm³/mol. The number of aliphatic imine (C=N–C) groups is 2. The molecule has 0 atom stereocenters. The Morgan fingerprint density at radius 3 is 2.14 bits per heavy atom. The van der Waals surface area contributed by atoms with Crippen molar-refractivity contribution in [3.8, 4) is 0 Å². The third-order valence-corrected chi connectivity index (χ3v) is 6.25. The van der Waals surface area contributed by atoms with Gasteiger partial charge in [0, 0.05) is 27.6 Å². The van der Waals surface area contributed by atoms with Crippen LogP contribution in [0.4, 0.5) is 11.4 Å². The standard InChI is InChI=1S/C20H22N6O2S/c21-18-23-19(22)25(20(24-18)12-2-1-3-13-20)14-4-8-16(9-5-14)29-17-10-6-15(7-11-17)26(27)28/h4-11H,1-3,12-13H2,(H4,21,22,23,24). The minimum atomic E-state index is -0.457. The molecule has 0 unspecified atom stereocenters. The Morgan fingerprint density at radius 2 is 1.55 bits per heavy atom. The first-order valence-corrected chi connectivity index (χ1v) is 10.3. The van der Waals surface area contributed by atoms with Gasteiger partial charge < -0.3 is 11.5 Å². The smallest absolute Gasteiger partial charge is 0.269 e. The molecular formula is C20H22N6O2S. The van der Waals surface area contributed by atoms with Gasteiger partial charge in [0.15, 0.2) is 0 Å². The predicted octanol–water partition coefficient (Wildman–Crippen LogP) is 3.86. The van der Waals surface area contributed by atoms with Gasteiger partial charge in [-0.1, -0.05) is 18.2 Å². The maximum atomic E-state index is 10.8. The second-order valence-electron chi connectivity index (χ2n) is 7.17. The number of hydrogen-bond acceptors (Lipinski definition) is 8. The van der Waals surface area contributed by atoms with E-state index < -0.39 is 10.6 Å². The molecule has 8 nitrogen and oxygen atoms in total. The lowest BCUT2D eigenvalue weighted by molar-refractivity contribution is -0.384. The zero-order valence-electron chi connectivity index (χ0n) is 15.8. The Labute approximate surface area is 172 Å². The molecule has 0 amide bonds. The fraction of sp³-hybridized carbons (Fsp3) is 0.300. The van der Waals surface area contributed by atoms with E-state index in [0.29, 0.717) is 5.96 Å². The number of benzene rings is 2. The second kappa shape index (κ2) is 7.75. The highest BCUT2D eigenvalue weighted by molar-refractivity contribution is 7.99. The number of non-ortho nitro benzene ring substituents is 1. The van der Waals surface area contributed by atoms with Crippen molar-refractivity contribution in [2.24, 2.45) is 21.5 Å². The van der Waals surface area contributed by atoms with Gasteiger partial charge >= 0.3 is 0 Å². The normalized spacial score (nSPS) is 18.3. The highest BCUT2D eigenvalue weighted by Crippen LogP contribution is 2.40. The molecule has 0 saturated heterocycles. The van der Waals surface area contributed by atoms with Gasteiger partial charge in [-0.05, 0) is 62.1 Å². The second-order valence-corrected chi connectivity index (χ2v) is 8.31. The van der Waals surface area contributed by atoms with E-state index in [1.54, 1.807) is 23.9 Å². The monoisotopic (exact) mass is 410 g/mol. The van der Waals surface area contributed by atoms with Crippen LogP contribution in [0.1, 0.15) is 32.1 Å². The van der Waals surface area contributed by atoms with Crippen molar-refractivity contribution in [3.63, 3.8) is 0 Å². The molecule has 1 heterocycles. The van der Waals surface area contributed by atoms with Crippen LogP contribution in [-0.2, 0) is 0 Å².